The maximum Gasteiger partial charge on any atom is 0.130 e. The van der Waals surface area contributed by atoms with E-state index in [0.717, 1.165) is 5.56 Å². The number of hydrogen-bond acceptors (Lipinski definition) is 4. The van der Waals surface area contributed by atoms with Gasteiger partial charge in [-0.2, -0.15) is 0 Å². The number of aromatic hydroxyl groups is 1. The van der Waals surface area contributed by atoms with E-state index < -0.39 is 0 Å². The summed E-state index contributed by atoms with van der Waals surface area (Å²) in [5.74, 6) is 1.18. The van der Waals surface area contributed by atoms with Crippen LogP contribution >= 0.6 is 0 Å². The van der Waals surface area contributed by atoms with Crippen LogP contribution in [0.25, 0.3) is 0 Å². The molecule has 0 fully saturated rings. The van der Waals surface area contributed by atoms with Crippen molar-refractivity contribution in [3.63, 3.8) is 0 Å². The molecule has 0 aromatic heterocycles. The highest BCUT2D eigenvalue weighted by Crippen LogP contribution is 2.32. The van der Waals surface area contributed by atoms with Gasteiger partial charge in [0.2, 0.25) is 0 Å². The third kappa shape index (κ3) is 1.84. The first-order chi connectivity index (χ1) is 6.22. The predicted molar refractivity (Wildman–Crippen MR) is 49.1 cm³/mol. The van der Waals surface area contributed by atoms with Gasteiger partial charge in [0.05, 0.1) is 14.2 Å². The first kappa shape index (κ1) is 9.67. The Morgan fingerprint density at radius 1 is 1.23 bits per heavy atom. The number of benzene rings is 1. The lowest BCUT2D eigenvalue weighted by Gasteiger charge is -2.11. The van der Waals surface area contributed by atoms with Crippen molar-refractivity contribution >= 4 is 0 Å². The molecule has 1 aromatic carbocycles. The minimum Gasteiger partial charge on any atom is -0.508 e. The Kier molecular flexibility index (Phi) is 2.97. The molecular formula is C9H13NO3. The average molecular weight is 183 g/mol. The van der Waals surface area contributed by atoms with Gasteiger partial charge in [-0.3, -0.25) is 0 Å². The molecule has 0 saturated carbocycles. The molecule has 0 aliphatic carbocycles. The maximum atomic E-state index is 9.28. The van der Waals surface area contributed by atoms with Crippen molar-refractivity contribution in [1.29, 1.82) is 0 Å². The zero-order valence-electron chi connectivity index (χ0n) is 7.70. The standard InChI is InChI=1S/C9H13NO3/c1-12-8-3-6(11)4-9(13-2)7(8)5-10/h3-4,11H,5,10H2,1-2H3. The molecule has 4 nitrogen and oxygen atoms in total. The monoisotopic (exact) mass is 183 g/mol. The molecule has 0 radical (unpaired) electrons. The van der Waals surface area contributed by atoms with Gasteiger partial charge < -0.3 is 20.3 Å². The topological polar surface area (TPSA) is 64.7 Å². The normalized spacial score (nSPS) is 9.77. The SMILES string of the molecule is COc1cc(O)cc(OC)c1CN. The molecule has 72 valence electrons. The second-order valence-corrected chi connectivity index (χ2v) is 2.53. The van der Waals surface area contributed by atoms with Gasteiger partial charge in [0.1, 0.15) is 17.2 Å². The lowest BCUT2D eigenvalue weighted by molar-refractivity contribution is 0.377. The van der Waals surface area contributed by atoms with E-state index in [9.17, 15) is 5.11 Å². The average Bonchev–Trinajstić information content (AvgIpc) is 2.16. The van der Waals surface area contributed by atoms with Crippen LogP contribution in [0.2, 0.25) is 0 Å². The number of phenols is 1. The summed E-state index contributed by atoms with van der Waals surface area (Å²) in [5, 5.41) is 9.28. The van der Waals surface area contributed by atoms with E-state index >= 15 is 0 Å². The van der Waals surface area contributed by atoms with E-state index in [1.807, 2.05) is 0 Å². The van der Waals surface area contributed by atoms with Crippen LogP contribution in [-0.4, -0.2) is 19.3 Å². The summed E-state index contributed by atoms with van der Waals surface area (Å²) in [4.78, 5) is 0. The van der Waals surface area contributed by atoms with Gasteiger partial charge in [-0.1, -0.05) is 0 Å². The Morgan fingerprint density at radius 3 is 2.00 bits per heavy atom. The molecule has 1 aromatic rings. The van der Waals surface area contributed by atoms with Crippen LogP contribution in [0.1, 0.15) is 5.56 Å². The summed E-state index contributed by atoms with van der Waals surface area (Å²) in [5.41, 5.74) is 6.26. The summed E-state index contributed by atoms with van der Waals surface area (Å²) >= 11 is 0. The van der Waals surface area contributed by atoms with E-state index in [-0.39, 0.29) is 5.75 Å². The fraction of sp³-hybridized carbons (Fsp3) is 0.333. The van der Waals surface area contributed by atoms with Gasteiger partial charge >= 0.3 is 0 Å². The molecule has 0 aliphatic heterocycles. The number of phenolic OH excluding ortho intramolecular Hbond substituents is 1. The van der Waals surface area contributed by atoms with Gasteiger partial charge in [-0.05, 0) is 0 Å². The Hall–Kier alpha value is -1.42. The van der Waals surface area contributed by atoms with E-state index in [0.29, 0.717) is 18.0 Å². The minimum absolute atomic E-state index is 0.103. The second-order valence-electron chi connectivity index (χ2n) is 2.53. The largest absolute Gasteiger partial charge is 0.508 e. The van der Waals surface area contributed by atoms with E-state index in [2.05, 4.69) is 0 Å². The van der Waals surface area contributed by atoms with Crippen molar-refractivity contribution < 1.29 is 14.6 Å². The highest BCUT2D eigenvalue weighted by molar-refractivity contribution is 5.50. The van der Waals surface area contributed by atoms with Crippen LogP contribution in [0.5, 0.6) is 17.2 Å². The van der Waals surface area contributed by atoms with Gasteiger partial charge in [0.25, 0.3) is 0 Å². The van der Waals surface area contributed by atoms with Crippen LogP contribution in [-0.2, 0) is 6.54 Å². The number of ether oxygens (including phenoxy) is 2. The molecule has 0 amide bonds. The van der Waals surface area contributed by atoms with Gasteiger partial charge in [0.15, 0.2) is 0 Å². The zero-order chi connectivity index (χ0) is 9.84. The van der Waals surface area contributed by atoms with Crippen molar-refractivity contribution in [1.82, 2.24) is 0 Å². The quantitative estimate of drug-likeness (QED) is 0.729. The van der Waals surface area contributed by atoms with E-state index in [4.69, 9.17) is 15.2 Å². The van der Waals surface area contributed by atoms with E-state index in [1.54, 1.807) is 0 Å². The fourth-order valence-electron chi connectivity index (χ4n) is 1.17. The van der Waals surface area contributed by atoms with Crippen LogP contribution < -0.4 is 15.2 Å². The highest BCUT2D eigenvalue weighted by Gasteiger charge is 2.09. The van der Waals surface area contributed by atoms with Crippen molar-refractivity contribution in [2.75, 3.05) is 14.2 Å². The number of nitrogens with two attached hydrogens (primary N) is 1. The second kappa shape index (κ2) is 4.00. The van der Waals surface area contributed by atoms with Crippen molar-refractivity contribution in [3.8, 4) is 17.2 Å². The Morgan fingerprint density at radius 2 is 1.69 bits per heavy atom. The first-order valence-corrected chi connectivity index (χ1v) is 3.86. The molecule has 3 N–H and O–H groups in total. The molecule has 0 bridgehead atoms. The van der Waals surface area contributed by atoms with Crippen molar-refractivity contribution in [3.05, 3.63) is 17.7 Å². The maximum absolute atomic E-state index is 9.28. The lowest BCUT2D eigenvalue weighted by Crippen LogP contribution is -2.02. The van der Waals surface area contributed by atoms with Crippen molar-refractivity contribution in [2.24, 2.45) is 5.73 Å². The summed E-state index contributed by atoms with van der Waals surface area (Å²) in [6.45, 7) is 0.312. The zero-order valence-corrected chi connectivity index (χ0v) is 7.70. The number of hydrogen-bond donors (Lipinski definition) is 2. The molecule has 0 unspecified atom stereocenters. The molecule has 0 saturated heterocycles. The molecule has 13 heavy (non-hydrogen) atoms. The Balaban J connectivity index is 3.25. The number of rotatable bonds is 3. The smallest absolute Gasteiger partial charge is 0.130 e. The molecule has 0 atom stereocenters. The Labute approximate surface area is 76.9 Å². The van der Waals surface area contributed by atoms with E-state index in [1.165, 1.54) is 26.4 Å². The summed E-state index contributed by atoms with van der Waals surface area (Å²) in [6.07, 6.45) is 0. The van der Waals surface area contributed by atoms with Gasteiger partial charge in [0, 0.05) is 24.2 Å². The molecule has 0 heterocycles. The summed E-state index contributed by atoms with van der Waals surface area (Å²) in [7, 11) is 3.04. The summed E-state index contributed by atoms with van der Waals surface area (Å²) < 4.78 is 10.1. The van der Waals surface area contributed by atoms with Crippen LogP contribution in [0.15, 0.2) is 12.1 Å². The fourth-order valence-corrected chi connectivity index (χ4v) is 1.17. The van der Waals surface area contributed by atoms with Gasteiger partial charge in [-0.25, -0.2) is 0 Å². The summed E-state index contributed by atoms with van der Waals surface area (Å²) in [6, 6.07) is 3.01. The Bertz CT molecular complexity index is 274. The predicted octanol–water partition coefficient (Wildman–Crippen LogP) is 0.868. The number of methoxy groups -OCH3 is 2. The van der Waals surface area contributed by atoms with Crippen LogP contribution in [0.4, 0.5) is 0 Å². The molecular weight excluding hydrogens is 170 g/mol. The molecule has 0 spiro atoms. The minimum atomic E-state index is 0.103. The lowest BCUT2D eigenvalue weighted by atomic mass is 10.1. The third-order valence-corrected chi connectivity index (χ3v) is 1.80. The molecule has 4 heteroatoms. The first-order valence-electron chi connectivity index (χ1n) is 3.86. The molecule has 0 aliphatic rings. The van der Waals surface area contributed by atoms with Crippen LogP contribution in [0, 0.1) is 0 Å². The molecule has 1 rings (SSSR count). The van der Waals surface area contributed by atoms with Gasteiger partial charge in [-0.15, -0.1) is 0 Å². The third-order valence-electron chi connectivity index (χ3n) is 1.80. The van der Waals surface area contributed by atoms with Crippen molar-refractivity contribution in [2.45, 2.75) is 6.54 Å². The highest BCUT2D eigenvalue weighted by atomic mass is 16.5. The van der Waals surface area contributed by atoms with Crippen LogP contribution in [0.3, 0.4) is 0 Å².